The van der Waals surface area contributed by atoms with E-state index in [-0.39, 0.29) is 42.2 Å². The summed E-state index contributed by atoms with van der Waals surface area (Å²) in [5.74, 6) is -2.00. The third kappa shape index (κ3) is 5.07. The molecule has 0 aromatic rings. The van der Waals surface area contributed by atoms with Gasteiger partial charge in [0, 0.05) is 25.7 Å². The molecule has 3 saturated heterocycles. The quantitative estimate of drug-likeness (QED) is 0.335. The molecule has 8 atom stereocenters. The standard InChI is InChI=1S/C33H53N3O5/c1-8-17-34(18-9-2)29(38)26-27-30(39)36(25(21-37)22(5)11-4)28(33(27)20-23(6)32(26,7)41-33)31(40)35(19-10-3)24-15-13-12-14-16-24/h8,10,22-28,37H,1,3,9,11-21H2,2,4-7H3/t22-,23?,25-,26+,27-,28?,32-,33?/m0/s1. The molecule has 0 radical (unpaired) electrons. The van der Waals surface area contributed by atoms with E-state index >= 15 is 0 Å². The molecule has 1 N–H and O–H groups in total. The fraction of sp³-hybridized carbons (Fsp3) is 0.788. The van der Waals surface area contributed by atoms with Gasteiger partial charge in [0.1, 0.15) is 11.6 Å². The van der Waals surface area contributed by atoms with Gasteiger partial charge in [0.25, 0.3) is 0 Å². The number of ether oxygens (including phenoxy) is 1. The number of nitrogens with zero attached hydrogens (tertiary/aromatic N) is 3. The predicted molar refractivity (Wildman–Crippen MR) is 160 cm³/mol. The van der Waals surface area contributed by atoms with Crippen LogP contribution in [0.2, 0.25) is 0 Å². The Hall–Kier alpha value is -2.19. The molecule has 3 amide bonds. The molecule has 4 rings (SSSR count). The Morgan fingerprint density at radius 1 is 1.15 bits per heavy atom. The Morgan fingerprint density at radius 3 is 2.37 bits per heavy atom. The minimum atomic E-state index is -1.12. The van der Waals surface area contributed by atoms with E-state index < -0.39 is 35.1 Å². The van der Waals surface area contributed by atoms with Gasteiger partial charge in [-0.15, -0.1) is 13.2 Å². The Morgan fingerprint density at radius 2 is 1.80 bits per heavy atom. The monoisotopic (exact) mass is 571 g/mol. The lowest BCUT2D eigenvalue weighted by Gasteiger charge is -2.43. The summed E-state index contributed by atoms with van der Waals surface area (Å²) >= 11 is 0. The summed E-state index contributed by atoms with van der Waals surface area (Å²) in [5.41, 5.74) is -1.99. The van der Waals surface area contributed by atoms with Gasteiger partial charge in [0.15, 0.2) is 0 Å². The first-order chi connectivity index (χ1) is 19.6. The number of hydrogen-bond donors (Lipinski definition) is 1. The molecule has 0 aromatic heterocycles. The number of likely N-dealkylation sites (tertiary alicyclic amines) is 1. The number of carbonyl (C=O) groups is 3. The molecule has 1 aliphatic carbocycles. The van der Waals surface area contributed by atoms with E-state index in [0.717, 1.165) is 44.9 Å². The summed E-state index contributed by atoms with van der Waals surface area (Å²) in [6.45, 7) is 19.0. The summed E-state index contributed by atoms with van der Waals surface area (Å²) in [6, 6.07) is -1.36. The van der Waals surface area contributed by atoms with Crippen molar-refractivity contribution in [3.05, 3.63) is 25.3 Å². The van der Waals surface area contributed by atoms with Crippen molar-refractivity contribution in [1.82, 2.24) is 14.7 Å². The summed E-state index contributed by atoms with van der Waals surface area (Å²) in [5, 5.41) is 10.7. The largest absolute Gasteiger partial charge is 0.394 e. The Kier molecular flexibility index (Phi) is 9.74. The molecular weight excluding hydrogens is 518 g/mol. The van der Waals surface area contributed by atoms with Crippen LogP contribution in [-0.4, -0.2) is 93.1 Å². The molecule has 1 saturated carbocycles. The average Bonchev–Trinajstić information content (AvgIpc) is 3.48. The fourth-order valence-electron chi connectivity index (χ4n) is 8.53. The first-order valence-corrected chi connectivity index (χ1v) is 16.0. The first-order valence-electron chi connectivity index (χ1n) is 16.0. The Bertz CT molecular complexity index is 1010. The first kappa shape index (κ1) is 31.7. The van der Waals surface area contributed by atoms with Crippen LogP contribution in [-0.2, 0) is 19.1 Å². The number of carbonyl (C=O) groups excluding carboxylic acids is 3. The number of hydrogen-bond acceptors (Lipinski definition) is 5. The maximum Gasteiger partial charge on any atom is 0.248 e. The zero-order valence-corrected chi connectivity index (χ0v) is 26.0. The molecule has 1 spiro atoms. The smallest absolute Gasteiger partial charge is 0.248 e. The van der Waals surface area contributed by atoms with Crippen molar-refractivity contribution in [1.29, 1.82) is 0 Å². The number of fused-ring (bicyclic) bond motifs is 1. The lowest BCUT2D eigenvalue weighted by Crippen LogP contribution is -2.61. The molecule has 3 unspecified atom stereocenters. The van der Waals surface area contributed by atoms with E-state index in [1.807, 2.05) is 32.6 Å². The van der Waals surface area contributed by atoms with Crippen LogP contribution in [0, 0.1) is 23.7 Å². The van der Waals surface area contributed by atoms with Crippen LogP contribution < -0.4 is 0 Å². The van der Waals surface area contributed by atoms with Crippen LogP contribution in [0.3, 0.4) is 0 Å². The second-order valence-corrected chi connectivity index (χ2v) is 13.2. The number of amides is 3. The highest BCUT2D eigenvalue weighted by molar-refractivity contribution is 5.99. The highest BCUT2D eigenvalue weighted by Crippen LogP contribution is 2.66. The van der Waals surface area contributed by atoms with Gasteiger partial charge in [0.2, 0.25) is 17.7 Å². The summed E-state index contributed by atoms with van der Waals surface area (Å²) in [4.78, 5) is 49.3. The lowest BCUT2D eigenvalue weighted by atomic mass is 9.62. The van der Waals surface area contributed by atoms with Crippen LogP contribution >= 0.6 is 0 Å². The summed E-state index contributed by atoms with van der Waals surface area (Å²) < 4.78 is 6.99. The van der Waals surface area contributed by atoms with Crippen molar-refractivity contribution < 1.29 is 24.2 Å². The zero-order valence-electron chi connectivity index (χ0n) is 26.0. The summed E-state index contributed by atoms with van der Waals surface area (Å²) in [7, 11) is 0. The summed E-state index contributed by atoms with van der Waals surface area (Å²) in [6.07, 6.45) is 10.7. The van der Waals surface area contributed by atoms with Crippen molar-refractivity contribution in [2.24, 2.45) is 23.7 Å². The van der Waals surface area contributed by atoms with Crippen molar-refractivity contribution >= 4 is 17.7 Å². The van der Waals surface area contributed by atoms with Crippen molar-refractivity contribution in [2.75, 3.05) is 26.2 Å². The van der Waals surface area contributed by atoms with E-state index in [2.05, 4.69) is 20.1 Å². The number of aliphatic hydroxyl groups is 1. The minimum Gasteiger partial charge on any atom is -0.394 e. The molecule has 4 aliphatic rings. The van der Waals surface area contributed by atoms with Crippen LogP contribution in [0.1, 0.15) is 86.0 Å². The minimum absolute atomic E-state index is 0.0262. The fourth-order valence-corrected chi connectivity index (χ4v) is 8.53. The second kappa shape index (κ2) is 12.6. The molecular formula is C33H53N3O5. The van der Waals surface area contributed by atoms with Gasteiger partial charge in [-0.05, 0) is 44.4 Å². The van der Waals surface area contributed by atoms with E-state index in [1.165, 1.54) is 0 Å². The van der Waals surface area contributed by atoms with Crippen LogP contribution in [0.4, 0.5) is 0 Å². The molecule has 8 nitrogen and oxygen atoms in total. The van der Waals surface area contributed by atoms with Gasteiger partial charge in [-0.3, -0.25) is 14.4 Å². The third-order valence-corrected chi connectivity index (χ3v) is 10.9. The van der Waals surface area contributed by atoms with Gasteiger partial charge < -0.3 is 24.5 Å². The van der Waals surface area contributed by atoms with Gasteiger partial charge >= 0.3 is 0 Å². The van der Waals surface area contributed by atoms with Crippen LogP contribution in [0.5, 0.6) is 0 Å². The van der Waals surface area contributed by atoms with Gasteiger partial charge in [0.05, 0.1) is 30.1 Å². The highest BCUT2D eigenvalue weighted by atomic mass is 16.5. The van der Waals surface area contributed by atoms with E-state index in [0.29, 0.717) is 26.1 Å². The molecule has 2 bridgehead atoms. The van der Waals surface area contributed by atoms with Crippen molar-refractivity contribution in [3.63, 3.8) is 0 Å². The number of rotatable bonds is 13. The van der Waals surface area contributed by atoms with E-state index in [4.69, 9.17) is 4.74 Å². The van der Waals surface area contributed by atoms with Gasteiger partial charge in [-0.1, -0.05) is 65.5 Å². The SMILES string of the molecule is C=CCN(CCC)C(=O)[C@H]1[C@H]2C(=O)N([C@@H](CO)[C@@H](C)CC)C(C(=O)N(CC=C)C3CCCCC3)C23CC(C)[C@]1(C)O3. The molecule has 0 aromatic carbocycles. The third-order valence-electron chi connectivity index (χ3n) is 10.9. The Labute approximate surface area is 247 Å². The van der Waals surface area contributed by atoms with Crippen LogP contribution in [0.15, 0.2) is 25.3 Å². The molecule has 41 heavy (non-hydrogen) atoms. The lowest BCUT2D eigenvalue weighted by molar-refractivity contribution is -0.160. The maximum absolute atomic E-state index is 14.9. The Balaban J connectivity index is 1.86. The molecule has 8 heteroatoms. The van der Waals surface area contributed by atoms with Gasteiger partial charge in [-0.25, -0.2) is 0 Å². The van der Waals surface area contributed by atoms with E-state index in [1.54, 1.807) is 22.0 Å². The second-order valence-electron chi connectivity index (χ2n) is 13.2. The molecule has 3 aliphatic heterocycles. The van der Waals surface area contributed by atoms with E-state index in [9.17, 15) is 19.5 Å². The number of aliphatic hydroxyl groups excluding tert-OH is 1. The molecule has 3 heterocycles. The maximum atomic E-state index is 14.9. The van der Waals surface area contributed by atoms with Crippen molar-refractivity contribution in [2.45, 2.75) is 115 Å². The molecule has 4 fully saturated rings. The van der Waals surface area contributed by atoms with Gasteiger partial charge in [-0.2, -0.15) is 0 Å². The van der Waals surface area contributed by atoms with Crippen molar-refractivity contribution in [3.8, 4) is 0 Å². The molecule has 230 valence electrons. The zero-order chi connectivity index (χ0) is 30.1. The topological polar surface area (TPSA) is 90.4 Å². The normalized spacial score (nSPS) is 34.3. The predicted octanol–water partition coefficient (Wildman–Crippen LogP) is 4.18. The van der Waals surface area contributed by atoms with Crippen LogP contribution in [0.25, 0.3) is 0 Å². The average molecular weight is 572 g/mol. The highest BCUT2D eigenvalue weighted by Gasteiger charge is 2.80.